The summed E-state index contributed by atoms with van der Waals surface area (Å²) in [6.45, 7) is 11.7. The van der Waals surface area contributed by atoms with Crippen molar-refractivity contribution in [2.45, 2.75) is 32.2 Å². The van der Waals surface area contributed by atoms with E-state index in [1.54, 1.807) is 0 Å². The van der Waals surface area contributed by atoms with Crippen molar-refractivity contribution in [3.05, 3.63) is 23.7 Å². The topological polar surface area (TPSA) is 40.4 Å². The molecule has 1 saturated heterocycles. The van der Waals surface area contributed by atoms with Crippen LogP contribution in [-0.4, -0.2) is 50.7 Å². The molecule has 1 atom stereocenters. The number of hydrogen-bond donors (Lipinski definition) is 2. The Morgan fingerprint density at radius 2 is 2.26 bits per heavy atom. The predicted octanol–water partition coefficient (Wildman–Crippen LogP) is 1.36. The molecule has 2 heterocycles. The molecule has 1 aliphatic heterocycles. The number of hydrogen-bond acceptors (Lipinski definition) is 4. The van der Waals surface area contributed by atoms with E-state index in [0.29, 0.717) is 6.04 Å². The quantitative estimate of drug-likeness (QED) is 0.843. The smallest absolute Gasteiger partial charge is 0.111 e. The Hall–Kier alpha value is -0.840. The maximum atomic E-state index is 5.75. The van der Waals surface area contributed by atoms with E-state index in [4.69, 9.17) is 4.42 Å². The van der Waals surface area contributed by atoms with Gasteiger partial charge >= 0.3 is 0 Å². The normalized spacial score (nSPS) is 21.8. The molecule has 1 aromatic rings. The molecule has 4 nitrogen and oxygen atoms in total. The van der Waals surface area contributed by atoms with Crippen molar-refractivity contribution in [2.75, 3.05) is 39.8 Å². The summed E-state index contributed by atoms with van der Waals surface area (Å²) >= 11 is 0. The van der Waals surface area contributed by atoms with Gasteiger partial charge in [-0.25, -0.2) is 0 Å². The summed E-state index contributed by atoms with van der Waals surface area (Å²) < 4.78 is 5.75. The van der Waals surface area contributed by atoms with Crippen LogP contribution in [0.4, 0.5) is 0 Å². The van der Waals surface area contributed by atoms with Crippen LogP contribution in [-0.2, 0) is 5.41 Å². The Balaban J connectivity index is 1.81. The van der Waals surface area contributed by atoms with Crippen molar-refractivity contribution in [1.29, 1.82) is 0 Å². The second-order valence-corrected chi connectivity index (χ2v) is 6.26. The van der Waals surface area contributed by atoms with Gasteiger partial charge in [-0.15, -0.1) is 0 Å². The highest BCUT2D eigenvalue weighted by atomic mass is 16.3. The molecule has 19 heavy (non-hydrogen) atoms. The van der Waals surface area contributed by atoms with Gasteiger partial charge in [-0.1, -0.05) is 13.8 Å². The Bertz CT molecular complexity index is 400. The SMILES string of the molecule is Cc1ccc(C(C)(C)CNCC2CNCCN2C)o1. The van der Waals surface area contributed by atoms with Crippen LogP contribution in [0.15, 0.2) is 16.5 Å². The highest BCUT2D eigenvalue weighted by Gasteiger charge is 2.25. The minimum absolute atomic E-state index is 0.0366. The molecule has 0 amide bonds. The monoisotopic (exact) mass is 265 g/mol. The molecule has 1 unspecified atom stereocenters. The van der Waals surface area contributed by atoms with Gasteiger partial charge in [0.05, 0.1) is 0 Å². The largest absolute Gasteiger partial charge is 0.466 e. The van der Waals surface area contributed by atoms with Crippen LogP contribution in [0.3, 0.4) is 0 Å². The van der Waals surface area contributed by atoms with Gasteiger partial charge in [0.2, 0.25) is 0 Å². The molecule has 0 aliphatic carbocycles. The first-order chi connectivity index (χ1) is 8.99. The number of aryl methyl sites for hydroxylation is 1. The number of nitrogens with zero attached hydrogens (tertiary/aromatic N) is 1. The lowest BCUT2D eigenvalue weighted by Crippen LogP contribution is -2.54. The Kier molecular flexibility index (Phi) is 4.66. The third-order valence-corrected chi connectivity index (χ3v) is 4.00. The van der Waals surface area contributed by atoms with Crippen molar-refractivity contribution in [3.8, 4) is 0 Å². The lowest BCUT2D eigenvalue weighted by Gasteiger charge is -2.34. The van der Waals surface area contributed by atoms with Crippen LogP contribution in [0.25, 0.3) is 0 Å². The van der Waals surface area contributed by atoms with E-state index in [2.05, 4.69) is 42.5 Å². The molecule has 108 valence electrons. The Morgan fingerprint density at radius 3 is 2.89 bits per heavy atom. The van der Waals surface area contributed by atoms with Crippen LogP contribution in [0.1, 0.15) is 25.4 Å². The van der Waals surface area contributed by atoms with Gasteiger partial charge in [-0.05, 0) is 26.1 Å². The molecule has 1 aliphatic rings. The zero-order valence-corrected chi connectivity index (χ0v) is 12.6. The summed E-state index contributed by atoms with van der Waals surface area (Å²) in [7, 11) is 2.20. The molecule has 2 rings (SSSR count). The van der Waals surface area contributed by atoms with Gasteiger partial charge in [0.25, 0.3) is 0 Å². The molecule has 0 radical (unpaired) electrons. The molecule has 2 N–H and O–H groups in total. The van der Waals surface area contributed by atoms with E-state index >= 15 is 0 Å². The predicted molar refractivity (Wildman–Crippen MR) is 78.6 cm³/mol. The lowest BCUT2D eigenvalue weighted by atomic mass is 9.90. The van der Waals surface area contributed by atoms with E-state index in [1.165, 1.54) is 0 Å². The maximum Gasteiger partial charge on any atom is 0.111 e. The summed E-state index contributed by atoms with van der Waals surface area (Å²) in [5.74, 6) is 2.05. The average molecular weight is 265 g/mol. The van der Waals surface area contributed by atoms with Crippen LogP contribution in [0, 0.1) is 6.92 Å². The van der Waals surface area contributed by atoms with Gasteiger partial charge in [-0.2, -0.15) is 0 Å². The van der Waals surface area contributed by atoms with Crippen molar-refractivity contribution < 1.29 is 4.42 Å². The van der Waals surface area contributed by atoms with E-state index in [0.717, 1.165) is 44.2 Å². The van der Waals surface area contributed by atoms with E-state index in [1.807, 2.05) is 13.0 Å². The standard InChI is InChI=1S/C15H27N3O/c1-12-5-6-14(19-12)15(2,3)11-17-10-13-9-16-7-8-18(13)4/h5-6,13,16-17H,7-11H2,1-4H3. The van der Waals surface area contributed by atoms with Crippen molar-refractivity contribution >= 4 is 0 Å². The van der Waals surface area contributed by atoms with Crippen molar-refractivity contribution in [2.24, 2.45) is 0 Å². The molecule has 0 spiro atoms. The van der Waals surface area contributed by atoms with Crippen LogP contribution in [0.2, 0.25) is 0 Å². The summed E-state index contributed by atoms with van der Waals surface area (Å²) in [5, 5.41) is 7.04. The third-order valence-electron chi connectivity index (χ3n) is 4.00. The van der Waals surface area contributed by atoms with E-state index in [9.17, 15) is 0 Å². The minimum Gasteiger partial charge on any atom is -0.466 e. The van der Waals surface area contributed by atoms with E-state index < -0.39 is 0 Å². The van der Waals surface area contributed by atoms with Crippen molar-refractivity contribution in [3.63, 3.8) is 0 Å². The molecular weight excluding hydrogens is 238 g/mol. The van der Waals surface area contributed by atoms with Gasteiger partial charge < -0.3 is 15.1 Å². The van der Waals surface area contributed by atoms with Gasteiger partial charge in [0, 0.05) is 44.2 Å². The third kappa shape index (κ3) is 3.81. The minimum atomic E-state index is 0.0366. The number of nitrogens with one attached hydrogen (secondary N) is 2. The molecule has 0 aromatic carbocycles. The second kappa shape index (κ2) is 6.07. The zero-order valence-electron chi connectivity index (χ0n) is 12.6. The highest BCUT2D eigenvalue weighted by molar-refractivity contribution is 5.15. The summed E-state index contributed by atoms with van der Waals surface area (Å²) in [4.78, 5) is 2.42. The highest BCUT2D eigenvalue weighted by Crippen LogP contribution is 2.24. The van der Waals surface area contributed by atoms with Gasteiger partial charge in [0.1, 0.15) is 11.5 Å². The maximum absolute atomic E-state index is 5.75. The fourth-order valence-corrected chi connectivity index (χ4v) is 2.53. The van der Waals surface area contributed by atoms with E-state index in [-0.39, 0.29) is 5.41 Å². The number of piperazine rings is 1. The first-order valence-electron chi connectivity index (χ1n) is 7.17. The molecule has 4 heteroatoms. The summed E-state index contributed by atoms with van der Waals surface area (Å²) in [6, 6.07) is 4.71. The summed E-state index contributed by atoms with van der Waals surface area (Å²) in [6.07, 6.45) is 0. The number of likely N-dealkylation sites (N-methyl/N-ethyl adjacent to an activating group) is 1. The van der Waals surface area contributed by atoms with Crippen LogP contribution in [0.5, 0.6) is 0 Å². The first-order valence-corrected chi connectivity index (χ1v) is 7.17. The molecule has 0 bridgehead atoms. The lowest BCUT2D eigenvalue weighted by molar-refractivity contribution is 0.192. The summed E-state index contributed by atoms with van der Waals surface area (Å²) in [5.41, 5.74) is 0.0366. The van der Waals surface area contributed by atoms with Crippen molar-refractivity contribution in [1.82, 2.24) is 15.5 Å². The average Bonchev–Trinajstić information content (AvgIpc) is 2.79. The number of furan rings is 1. The second-order valence-electron chi connectivity index (χ2n) is 6.26. The fraction of sp³-hybridized carbons (Fsp3) is 0.733. The van der Waals surface area contributed by atoms with Crippen LogP contribution < -0.4 is 10.6 Å². The molecular formula is C15H27N3O. The van der Waals surface area contributed by atoms with Gasteiger partial charge in [-0.3, -0.25) is 4.90 Å². The fourth-order valence-electron chi connectivity index (χ4n) is 2.53. The molecule has 1 aromatic heterocycles. The Labute approximate surface area is 116 Å². The molecule has 0 saturated carbocycles. The van der Waals surface area contributed by atoms with Gasteiger partial charge in [0.15, 0.2) is 0 Å². The Morgan fingerprint density at radius 1 is 1.47 bits per heavy atom. The zero-order chi connectivity index (χ0) is 13.9. The number of rotatable bonds is 5. The van der Waals surface area contributed by atoms with Crippen LogP contribution >= 0.6 is 0 Å². The first kappa shape index (κ1) is 14.6. The molecule has 1 fully saturated rings.